The maximum atomic E-state index is 11.7. The molecule has 21 heavy (non-hydrogen) atoms. The van der Waals surface area contributed by atoms with Crippen LogP contribution in [0.5, 0.6) is 0 Å². The summed E-state index contributed by atoms with van der Waals surface area (Å²) in [7, 11) is 0. The van der Waals surface area contributed by atoms with Crippen LogP contribution in [0.3, 0.4) is 0 Å². The highest BCUT2D eigenvalue weighted by Gasteiger charge is 2.21. The number of benzene rings is 1. The highest BCUT2D eigenvalue weighted by molar-refractivity contribution is 5.84. The number of hydrogen-bond acceptors (Lipinski definition) is 3. The molecule has 1 aromatic carbocycles. The van der Waals surface area contributed by atoms with Crippen LogP contribution in [-0.4, -0.2) is 36.1 Å². The smallest absolute Gasteiger partial charge is 0.330 e. The van der Waals surface area contributed by atoms with Crippen LogP contribution in [0.4, 0.5) is 4.79 Å². The minimum absolute atomic E-state index is 0.138. The van der Waals surface area contributed by atoms with Crippen molar-refractivity contribution in [3.05, 3.63) is 35.9 Å². The molecule has 0 aliphatic heterocycles. The van der Waals surface area contributed by atoms with E-state index in [1.165, 1.54) is 0 Å². The summed E-state index contributed by atoms with van der Waals surface area (Å²) in [4.78, 5) is 34.0. The van der Waals surface area contributed by atoms with Crippen molar-refractivity contribution in [3.63, 3.8) is 0 Å². The Morgan fingerprint density at radius 2 is 1.81 bits per heavy atom. The van der Waals surface area contributed by atoms with Crippen LogP contribution in [0, 0.1) is 0 Å². The zero-order valence-electron chi connectivity index (χ0n) is 11.8. The van der Waals surface area contributed by atoms with Gasteiger partial charge in [-0.15, -0.1) is 0 Å². The third kappa shape index (κ3) is 5.94. The summed E-state index contributed by atoms with van der Waals surface area (Å²) in [5.74, 6) is -1.32. The van der Waals surface area contributed by atoms with Gasteiger partial charge in [0, 0.05) is 19.5 Å². The van der Waals surface area contributed by atoms with Crippen LogP contribution in [0.15, 0.2) is 30.3 Å². The minimum atomic E-state index is -1.15. The average Bonchev–Trinajstić information content (AvgIpc) is 2.45. The quantitative estimate of drug-likeness (QED) is 0.591. The fraction of sp³-hybridized carbons (Fsp3) is 0.357. The number of carbonyl (C=O) groups excluding carboxylic acids is 2. The van der Waals surface area contributed by atoms with Gasteiger partial charge in [0.15, 0.2) is 6.04 Å². The Morgan fingerprint density at radius 3 is 2.38 bits per heavy atom. The predicted molar refractivity (Wildman–Crippen MR) is 76.7 cm³/mol. The summed E-state index contributed by atoms with van der Waals surface area (Å²) < 4.78 is 0. The Kier molecular flexibility index (Phi) is 6.73. The molecule has 0 aromatic heterocycles. The molecule has 0 spiro atoms. The second-order valence-electron chi connectivity index (χ2n) is 4.29. The van der Waals surface area contributed by atoms with Gasteiger partial charge in [-0.1, -0.05) is 30.3 Å². The maximum absolute atomic E-state index is 11.7. The molecule has 0 saturated heterocycles. The fourth-order valence-corrected chi connectivity index (χ4v) is 1.69. The van der Waals surface area contributed by atoms with Crippen molar-refractivity contribution in [2.75, 3.05) is 13.1 Å². The molecule has 0 heterocycles. The lowest BCUT2D eigenvalue weighted by Crippen LogP contribution is -2.42. The van der Waals surface area contributed by atoms with Crippen molar-refractivity contribution in [3.8, 4) is 0 Å². The van der Waals surface area contributed by atoms with Crippen LogP contribution >= 0.6 is 0 Å². The lowest BCUT2D eigenvalue weighted by Gasteiger charge is -2.15. The lowest BCUT2D eigenvalue weighted by atomic mass is 10.1. The number of carboxylic acids is 1. The van der Waals surface area contributed by atoms with Gasteiger partial charge in [-0.05, 0) is 12.5 Å². The van der Waals surface area contributed by atoms with E-state index in [0.29, 0.717) is 12.1 Å². The van der Waals surface area contributed by atoms with E-state index in [1.54, 1.807) is 37.3 Å². The third-order valence-electron chi connectivity index (χ3n) is 2.67. The summed E-state index contributed by atoms with van der Waals surface area (Å²) in [5, 5.41) is 16.6. The molecule has 0 saturated carbocycles. The molecule has 0 bridgehead atoms. The van der Waals surface area contributed by atoms with Gasteiger partial charge < -0.3 is 21.1 Å². The minimum Gasteiger partial charge on any atom is -0.479 e. The first kappa shape index (κ1) is 16.5. The first-order chi connectivity index (χ1) is 10.0. The molecular weight excluding hydrogens is 274 g/mol. The first-order valence-corrected chi connectivity index (χ1v) is 6.63. The van der Waals surface area contributed by atoms with Gasteiger partial charge in [-0.25, -0.2) is 9.59 Å². The molecule has 0 radical (unpaired) electrons. The molecule has 7 nitrogen and oxygen atoms in total. The van der Waals surface area contributed by atoms with Crippen molar-refractivity contribution in [1.82, 2.24) is 16.0 Å². The number of urea groups is 1. The van der Waals surface area contributed by atoms with E-state index in [0.717, 1.165) is 0 Å². The van der Waals surface area contributed by atoms with Crippen LogP contribution in [0.2, 0.25) is 0 Å². The van der Waals surface area contributed by atoms with Crippen LogP contribution < -0.4 is 16.0 Å². The van der Waals surface area contributed by atoms with E-state index in [9.17, 15) is 14.4 Å². The van der Waals surface area contributed by atoms with E-state index in [1.807, 2.05) is 0 Å². The van der Waals surface area contributed by atoms with E-state index in [-0.39, 0.29) is 18.9 Å². The highest BCUT2D eigenvalue weighted by Crippen LogP contribution is 2.12. The summed E-state index contributed by atoms with van der Waals surface area (Å²) in [5.41, 5.74) is 0.476. The van der Waals surface area contributed by atoms with Crippen molar-refractivity contribution in [2.24, 2.45) is 0 Å². The number of carbonyl (C=O) groups is 3. The van der Waals surface area contributed by atoms with Crippen molar-refractivity contribution >= 4 is 17.9 Å². The van der Waals surface area contributed by atoms with E-state index in [2.05, 4.69) is 16.0 Å². The van der Waals surface area contributed by atoms with Crippen LogP contribution in [0.1, 0.15) is 24.9 Å². The lowest BCUT2D eigenvalue weighted by molar-refractivity contribution is -0.139. The maximum Gasteiger partial charge on any atom is 0.330 e. The number of nitrogens with one attached hydrogen (secondary N) is 3. The van der Waals surface area contributed by atoms with Crippen molar-refractivity contribution in [2.45, 2.75) is 19.4 Å². The predicted octanol–water partition coefficient (Wildman–Crippen LogP) is 0.638. The second-order valence-corrected chi connectivity index (χ2v) is 4.29. The van der Waals surface area contributed by atoms with Gasteiger partial charge in [0.1, 0.15) is 0 Å². The van der Waals surface area contributed by atoms with Crippen molar-refractivity contribution < 1.29 is 19.5 Å². The number of amides is 3. The third-order valence-corrected chi connectivity index (χ3v) is 2.67. The number of aliphatic carboxylic acids is 1. The van der Waals surface area contributed by atoms with Gasteiger partial charge in [0.05, 0.1) is 0 Å². The van der Waals surface area contributed by atoms with Gasteiger partial charge >= 0.3 is 12.0 Å². The standard InChI is InChI=1S/C14H19N3O4/c1-2-15-11(18)8-9-16-14(21)17-12(13(19)20)10-6-4-3-5-7-10/h3-7,12H,2,8-9H2,1H3,(H,15,18)(H,19,20)(H2,16,17,21)/t12-/m0/s1. The molecule has 4 N–H and O–H groups in total. The summed E-state index contributed by atoms with van der Waals surface area (Å²) >= 11 is 0. The van der Waals surface area contributed by atoms with Gasteiger partial charge in [-0.2, -0.15) is 0 Å². The number of carboxylic acid groups (broad SMARTS) is 1. The highest BCUT2D eigenvalue weighted by atomic mass is 16.4. The van der Waals surface area contributed by atoms with E-state index in [4.69, 9.17) is 5.11 Å². The molecule has 1 rings (SSSR count). The molecule has 1 atom stereocenters. The zero-order chi connectivity index (χ0) is 15.7. The molecule has 3 amide bonds. The zero-order valence-corrected chi connectivity index (χ0v) is 11.8. The van der Waals surface area contributed by atoms with E-state index < -0.39 is 18.0 Å². The van der Waals surface area contributed by atoms with Crippen molar-refractivity contribution in [1.29, 1.82) is 0 Å². The van der Waals surface area contributed by atoms with Gasteiger partial charge in [0.2, 0.25) is 5.91 Å². The molecule has 0 aliphatic rings. The summed E-state index contributed by atoms with van der Waals surface area (Å²) in [6.45, 7) is 2.47. The van der Waals surface area contributed by atoms with Crippen LogP contribution in [-0.2, 0) is 9.59 Å². The Hall–Kier alpha value is -2.57. The van der Waals surface area contributed by atoms with E-state index >= 15 is 0 Å². The molecule has 7 heteroatoms. The van der Waals surface area contributed by atoms with Gasteiger partial charge in [-0.3, -0.25) is 4.79 Å². The van der Waals surface area contributed by atoms with Gasteiger partial charge in [0.25, 0.3) is 0 Å². The number of rotatable bonds is 7. The Balaban J connectivity index is 2.47. The average molecular weight is 293 g/mol. The Labute approximate surface area is 122 Å². The molecule has 0 aliphatic carbocycles. The summed E-state index contributed by atoms with van der Waals surface area (Å²) in [6, 6.07) is 6.63. The monoisotopic (exact) mass is 293 g/mol. The molecule has 0 unspecified atom stereocenters. The number of hydrogen-bond donors (Lipinski definition) is 4. The molecular formula is C14H19N3O4. The normalized spacial score (nSPS) is 11.3. The Bertz CT molecular complexity index is 490. The molecule has 114 valence electrons. The molecule has 0 fully saturated rings. The largest absolute Gasteiger partial charge is 0.479 e. The Morgan fingerprint density at radius 1 is 1.14 bits per heavy atom. The fourth-order valence-electron chi connectivity index (χ4n) is 1.69. The molecule has 1 aromatic rings. The topological polar surface area (TPSA) is 108 Å². The second kappa shape index (κ2) is 8.57. The summed E-state index contributed by atoms with van der Waals surface area (Å²) in [6.07, 6.45) is 0.143. The first-order valence-electron chi connectivity index (χ1n) is 6.63. The SMILES string of the molecule is CCNC(=O)CCNC(=O)N[C@H](C(=O)O)c1ccccc1. The van der Waals surface area contributed by atoms with Crippen LogP contribution in [0.25, 0.3) is 0 Å².